The summed E-state index contributed by atoms with van der Waals surface area (Å²) in [5.41, 5.74) is 0. The molecule has 0 aromatic carbocycles. The second kappa shape index (κ2) is 2.94. The Bertz CT molecular complexity index is 150. The Morgan fingerprint density at radius 3 is 2.45 bits per heavy atom. The van der Waals surface area contributed by atoms with Gasteiger partial charge in [-0.15, -0.1) is 0 Å². The first-order valence-electron chi connectivity index (χ1n) is 4.52. The van der Waals surface area contributed by atoms with Gasteiger partial charge in [-0.1, -0.05) is 19.3 Å². The summed E-state index contributed by atoms with van der Waals surface area (Å²) >= 11 is 0. The van der Waals surface area contributed by atoms with Crippen LogP contribution in [0.25, 0.3) is 0 Å². The second-order valence-corrected chi connectivity index (χ2v) is 3.60. The topological polar surface area (TPSA) is 29.6 Å². The molecule has 2 nitrogen and oxygen atoms in total. The molecule has 1 saturated carbocycles. The molecule has 0 amide bonds. The molecule has 0 N–H and O–H groups in total. The molecule has 1 saturated heterocycles. The molecule has 2 fully saturated rings. The summed E-state index contributed by atoms with van der Waals surface area (Å²) in [7, 11) is 0. The van der Waals surface area contributed by atoms with Crippen molar-refractivity contribution in [2.24, 2.45) is 5.92 Å². The third kappa shape index (κ3) is 1.45. The maximum absolute atomic E-state index is 10.3. The molecular formula is C9H14O2. The zero-order valence-corrected chi connectivity index (χ0v) is 6.66. The van der Waals surface area contributed by atoms with Gasteiger partial charge in [-0.05, 0) is 18.8 Å². The van der Waals surface area contributed by atoms with Crippen LogP contribution in [0.1, 0.15) is 32.1 Å². The van der Waals surface area contributed by atoms with E-state index in [0.29, 0.717) is 12.0 Å². The lowest BCUT2D eigenvalue weighted by Gasteiger charge is -2.18. The summed E-state index contributed by atoms with van der Waals surface area (Å²) in [5, 5.41) is 0. The standard InChI is InChI=1S/C9H14O2/c10-6-8-9(11-8)7-4-2-1-3-5-7/h6-9H,1-5H2. The number of epoxide rings is 1. The third-order valence-electron chi connectivity index (χ3n) is 2.81. The monoisotopic (exact) mass is 154 g/mol. The van der Waals surface area contributed by atoms with Crippen LogP contribution in [0, 0.1) is 5.92 Å². The van der Waals surface area contributed by atoms with E-state index in [-0.39, 0.29) is 6.10 Å². The average molecular weight is 154 g/mol. The highest BCUT2D eigenvalue weighted by Crippen LogP contribution is 2.37. The van der Waals surface area contributed by atoms with E-state index in [9.17, 15) is 4.79 Å². The van der Waals surface area contributed by atoms with Gasteiger partial charge in [0.15, 0.2) is 6.29 Å². The molecule has 11 heavy (non-hydrogen) atoms. The molecule has 2 atom stereocenters. The van der Waals surface area contributed by atoms with Crippen molar-refractivity contribution < 1.29 is 9.53 Å². The van der Waals surface area contributed by atoms with Gasteiger partial charge in [0, 0.05) is 0 Å². The van der Waals surface area contributed by atoms with Gasteiger partial charge in [-0.2, -0.15) is 0 Å². The van der Waals surface area contributed by atoms with Gasteiger partial charge < -0.3 is 9.53 Å². The molecule has 0 aromatic rings. The van der Waals surface area contributed by atoms with E-state index < -0.39 is 0 Å². The number of ether oxygens (including phenoxy) is 1. The predicted octanol–water partition coefficient (Wildman–Crippen LogP) is 1.53. The molecule has 62 valence electrons. The first-order chi connectivity index (χ1) is 5.42. The fraction of sp³-hybridized carbons (Fsp3) is 0.889. The number of carbonyl (C=O) groups is 1. The molecule has 0 aromatic heterocycles. The summed E-state index contributed by atoms with van der Waals surface area (Å²) in [4.78, 5) is 10.3. The van der Waals surface area contributed by atoms with E-state index >= 15 is 0 Å². The number of carbonyl (C=O) groups excluding carboxylic acids is 1. The van der Waals surface area contributed by atoms with Crippen molar-refractivity contribution in [2.75, 3.05) is 0 Å². The Hall–Kier alpha value is -0.370. The molecule has 2 aliphatic rings. The van der Waals surface area contributed by atoms with Crippen LogP contribution < -0.4 is 0 Å². The zero-order chi connectivity index (χ0) is 7.68. The highest BCUT2D eigenvalue weighted by molar-refractivity contribution is 5.60. The Balaban J connectivity index is 1.81. The van der Waals surface area contributed by atoms with Gasteiger partial charge in [-0.25, -0.2) is 0 Å². The maximum Gasteiger partial charge on any atom is 0.151 e. The van der Waals surface area contributed by atoms with Crippen molar-refractivity contribution in [1.29, 1.82) is 0 Å². The molecular weight excluding hydrogens is 140 g/mol. The Morgan fingerprint density at radius 2 is 1.91 bits per heavy atom. The summed E-state index contributed by atoms with van der Waals surface area (Å²) in [5.74, 6) is 0.693. The van der Waals surface area contributed by atoms with E-state index in [1.165, 1.54) is 32.1 Å². The smallest absolute Gasteiger partial charge is 0.151 e. The van der Waals surface area contributed by atoms with Crippen molar-refractivity contribution >= 4 is 6.29 Å². The first kappa shape index (κ1) is 7.29. The van der Waals surface area contributed by atoms with Gasteiger partial charge in [0.25, 0.3) is 0 Å². The van der Waals surface area contributed by atoms with Gasteiger partial charge in [0.2, 0.25) is 0 Å². The van der Waals surface area contributed by atoms with E-state index in [0.717, 1.165) is 6.29 Å². The van der Waals surface area contributed by atoms with Crippen LogP contribution in [0.15, 0.2) is 0 Å². The molecule has 1 aliphatic carbocycles. The lowest BCUT2D eigenvalue weighted by Crippen LogP contribution is -2.14. The Labute approximate surface area is 66.9 Å². The van der Waals surface area contributed by atoms with Crippen molar-refractivity contribution in [3.8, 4) is 0 Å². The van der Waals surface area contributed by atoms with Crippen molar-refractivity contribution in [3.63, 3.8) is 0 Å². The number of hydrogen-bond acceptors (Lipinski definition) is 2. The second-order valence-electron chi connectivity index (χ2n) is 3.60. The zero-order valence-electron chi connectivity index (χ0n) is 6.66. The lowest BCUT2D eigenvalue weighted by molar-refractivity contribution is -0.108. The van der Waals surface area contributed by atoms with Gasteiger partial charge in [0.1, 0.15) is 6.10 Å². The van der Waals surface area contributed by atoms with Gasteiger partial charge in [-0.3, -0.25) is 0 Å². The molecule has 0 bridgehead atoms. The van der Waals surface area contributed by atoms with Crippen LogP contribution in [-0.4, -0.2) is 18.5 Å². The van der Waals surface area contributed by atoms with Crippen molar-refractivity contribution in [3.05, 3.63) is 0 Å². The summed E-state index contributed by atoms with van der Waals surface area (Å²) in [6.07, 6.45) is 7.77. The number of aldehydes is 1. The molecule has 1 heterocycles. The van der Waals surface area contributed by atoms with E-state index in [4.69, 9.17) is 4.74 Å². The van der Waals surface area contributed by atoms with Gasteiger partial charge >= 0.3 is 0 Å². The molecule has 1 aliphatic heterocycles. The average Bonchev–Trinajstić information content (AvgIpc) is 2.85. The quantitative estimate of drug-likeness (QED) is 0.446. The fourth-order valence-electron chi connectivity index (χ4n) is 2.09. The SMILES string of the molecule is O=CC1OC1C1CCCCC1. The summed E-state index contributed by atoms with van der Waals surface area (Å²) in [6, 6.07) is 0. The van der Waals surface area contributed by atoms with Crippen LogP contribution in [0.4, 0.5) is 0 Å². The van der Waals surface area contributed by atoms with Crippen LogP contribution in [0.3, 0.4) is 0 Å². The highest BCUT2D eigenvalue weighted by atomic mass is 16.6. The largest absolute Gasteiger partial charge is 0.361 e. The van der Waals surface area contributed by atoms with Crippen LogP contribution >= 0.6 is 0 Å². The van der Waals surface area contributed by atoms with E-state index in [1.54, 1.807) is 0 Å². The molecule has 0 radical (unpaired) electrons. The Morgan fingerprint density at radius 1 is 1.18 bits per heavy atom. The van der Waals surface area contributed by atoms with Crippen molar-refractivity contribution in [2.45, 2.75) is 44.3 Å². The minimum atomic E-state index is -0.0434. The first-order valence-corrected chi connectivity index (χ1v) is 4.52. The van der Waals surface area contributed by atoms with E-state index in [1.807, 2.05) is 0 Å². The minimum Gasteiger partial charge on any atom is -0.361 e. The molecule has 2 rings (SSSR count). The normalized spacial score (nSPS) is 38.5. The maximum atomic E-state index is 10.3. The number of hydrogen-bond donors (Lipinski definition) is 0. The molecule has 0 spiro atoms. The van der Waals surface area contributed by atoms with Crippen LogP contribution in [0.2, 0.25) is 0 Å². The Kier molecular flexibility index (Phi) is 1.95. The number of rotatable bonds is 2. The molecule has 2 unspecified atom stereocenters. The summed E-state index contributed by atoms with van der Waals surface area (Å²) < 4.78 is 5.24. The highest BCUT2D eigenvalue weighted by Gasteiger charge is 2.44. The van der Waals surface area contributed by atoms with Crippen molar-refractivity contribution in [1.82, 2.24) is 0 Å². The lowest BCUT2D eigenvalue weighted by atomic mass is 9.86. The molecule has 2 heteroatoms. The van der Waals surface area contributed by atoms with Crippen LogP contribution in [-0.2, 0) is 9.53 Å². The third-order valence-corrected chi connectivity index (χ3v) is 2.81. The minimum absolute atomic E-state index is 0.0434. The summed E-state index contributed by atoms with van der Waals surface area (Å²) in [6.45, 7) is 0. The predicted molar refractivity (Wildman–Crippen MR) is 41.3 cm³/mol. The fourth-order valence-corrected chi connectivity index (χ4v) is 2.09. The van der Waals surface area contributed by atoms with E-state index in [2.05, 4.69) is 0 Å². The van der Waals surface area contributed by atoms with Crippen LogP contribution in [0.5, 0.6) is 0 Å². The van der Waals surface area contributed by atoms with Gasteiger partial charge in [0.05, 0.1) is 6.10 Å².